The molecule has 3 N–H and O–H groups in total. The Balaban J connectivity index is 2.12. The van der Waals surface area contributed by atoms with Crippen LogP contribution in [0.4, 0.5) is 0 Å². The molecule has 1 heterocycles. The van der Waals surface area contributed by atoms with Crippen molar-refractivity contribution >= 4 is 0 Å². The first-order chi connectivity index (χ1) is 7.29. The fourth-order valence-corrected chi connectivity index (χ4v) is 1.99. The molecule has 2 atom stereocenters. The van der Waals surface area contributed by atoms with Gasteiger partial charge in [-0.3, -0.25) is 0 Å². The summed E-state index contributed by atoms with van der Waals surface area (Å²) in [6.45, 7) is 4.48. The van der Waals surface area contributed by atoms with Crippen LogP contribution < -0.4 is 11.1 Å². The number of nitrogens with one attached hydrogen (secondary N) is 1. The summed E-state index contributed by atoms with van der Waals surface area (Å²) in [5.74, 6) is 0. The van der Waals surface area contributed by atoms with Gasteiger partial charge in [0.05, 0.1) is 13.2 Å². The van der Waals surface area contributed by atoms with Gasteiger partial charge in [-0.15, -0.1) is 0 Å². The number of benzene rings is 1. The summed E-state index contributed by atoms with van der Waals surface area (Å²) in [4.78, 5) is 0. The summed E-state index contributed by atoms with van der Waals surface area (Å²) in [7, 11) is 0. The highest BCUT2D eigenvalue weighted by Gasteiger charge is 2.22. The summed E-state index contributed by atoms with van der Waals surface area (Å²) < 4.78 is 5.42. The van der Waals surface area contributed by atoms with Gasteiger partial charge in [-0.05, 0) is 18.1 Å². The standard InChI is InChI=1S/C12H18N2O/c1-9-4-2-3-5-10(9)12(13)11-8-15-7-6-14-11/h2-5,11-12,14H,6-8,13H2,1H3. The third kappa shape index (κ3) is 2.37. The number of hydrogen-bond donors (Lipinski definition) is 2. The molecule has 0 bridgehead atoms. The van der Waals surface area contributed by atoms with E-state index in [4.69, 9.17) is 10.5 Å². The zero-order valence-corrected chi connectivity index (χ0v) is 9.07. The van der Waals surface area contributed by atoms with Crippen LogP contribution in [0.25, 0.3) is 0 Å². The van der Waals surface area contributed by atoms with Crippen LogP contribution in [0.2, 0.25) is 0 Å². The molecule has 82 valence electrons. The summed E-state index contributed by atoms with van der Waals surface area (Å²) in [6.07, 6.45) is 0. The van der Waals surface area contributed by atoms with Gasteiger partial charge < -0.3 is 15.8 Å². The zero-order valence-electron chi connectivity index (χ0n) is 9.07. The van der Waals surface area contributed by atoms with Gasteiger partial charge in [-0.25, -0.2) is 0 Å². The molecular weight excluding hydrogens is 188 g/mol. The number of morpholine rings is 1. The number of nitrogens with two attached hydrogens (primary N) is 1. The van der Waals surface area contributed by atoms with Crippen LogP contribution in [0.15, 0.2) is 24.3 Å². The molecule has 0 radical (unpaired) electrons. The molecule has 1 fully saturated rings. The number of rotatable bonds is 2. The van der Waals surface area contributed by atoms with Crippen molar-refractivity contribution in [2.75, 3.05) is 19.8 Å². The SMILES string of the molecule is Cc1ccccc1C(N)C1COCCN1. The number of aryl methyl sites for hydroxylation is 1. The van der Waals surface area contributed by atoms with Crippen molar-refractivity contribution in [2.24, 2.45) is 5.73 Å². The van der Waals surface area contributed by atoms with Gasteiger partial charge in [0.1, 0.15) is 0 Å². The second kappa shape index (κ2) is 4.75. The maximum atomic E-state index is 6.23. The Morgan fingerprint density at radius 3 is 2.93 bits per heavy atom. The molecular formula is C12H18N2O. The maximum Gasteiger partial charge on any atom is 0.0638 e. The largest absolute Gasteiger partial charge is 0.378 e. The lowest BCUT2D eigenvalue weighted by Gasteiger charge is -2.29. The monoisotopic (exact) mass is 206 g/mol. The Kier molecular flexibility index (Phi) is 3.36. The van der Waals surface area contributed by atoms with E-state index < -0.39 is 0 Å². The first-order valence-corrected chi connectivity index (χ1v) is 5.41. The highest BCUT2D eigenvalue weighted by Crippen LogP contribution is 2.19. The van der Waals surface area contributed by atoms with Crippen LogP contribution in [0.1, 0.15) is 17.2 Å². The normalized spacial score (nSPS) is 23.7. The Morgan fingerprint density at radius 1 is 1.47 bits per heavy atom. The molecule has 1 aliphatic rings. The van der Waals surface area contributed by atoms with Crippen LogP contribution in [0.5, 0.6) is 0 Å². The molecule has 2 unspecified atom stereocenters. The van der Waals surface area contributed by atoms with Gasteiger partial charge in [0.15, 0.2) is 0 Å². The highest BCUT2D eigenvalue weighted by atomic mass is 16.5. The fourth-order valence-electron chi connectivity index (χ4n) is 1.99. The minimum Gasteiger partial charge on any atom is -0.378 e. The lowest BCUT2D eigenvalue weighted by Crippen LogP contribution is -2.47. The second-order valence-electron chi connectivity index (χ2n) is 4.02. The van der Waals surface area contributed by atoms with Crippen LogP contribution >= 0.6 is 0 Å². The zero-order chi connectivity index (χ0) is 10.7. The summed E-state index contributed by atoms with van der Waals surface area (Å²) in [6, 6.07) is 8.52. The molecule has 0 aliphatic carbocycles. The van der Waals surface area contributed by atoms with Crippen molar-refractivity contribution in [3.63, 3.8) is 0 Å². The maximum absolute atomic E-state index is 6.23. The molecule has 1 aromatic carbocycles. The van der Waals surface area contributed by atoms with E-state index in [9.17, 15) is 0 Å². The Morgan fingerprint density at radius 2 is 2.27 bits per heavy atom. The third-order valence-electron chi connectivity index (χ3n) is 2.93. The molecule has 0 aromatic heterocycles. The smallest absolute Gasteiger partial charge is 0.0638 e. The molecule has 1 aliphatic heterocycles. The molecule has 0 amide bonds. The molecule has 15 heavy (non-hydrogen) atoms. The van der Waals surface area contributed by atoms with Crippen LogP contribution in [0.3, 0.4) is 0 Å². The molecule has 1 saturated heterocycles. The Labute approximate surface area is 90.6 Å². The molecule has 2 rings (SSSR count). The van der Waals surface area contributed by atoms with E-state index in [1.165, 1.54) is 11.1 Å². The lowest BCUT2D eigenvalue weighted by atomic mass is 9.96. The molecule has 3 nitrogen and oxygen atoms in total. The summed E-state index contributed by atoms with van der Waals surface area (Å²) >= 11 is 0. The average Bonchev–Trinajstić information content (AvgIpc) is 2.30. The van der Waals surface area contributed by atoms with Crippen molar-refractivity contribution in [1.29, 1.82) is 0 Å². The molecule has 1 aromatic rings. The lowest BCUT2D eigenvalue weighted by molar-refractivity contribution is 0.0684. The van der Waals surface area contributed by atoms with E-state index in [1.807, 2.05) is 12.1 Å². The van der Waals surface area contributed by atoms with E-state index >= 15 is 0 Å². The third-order valence-corrected chi connectivity index (χ3v) is 2.93. The fraction of sp³-hybridized carbons (Fsp3) is 0.500. The van der Waals surface area contributed by atoms with Gasteiger partial charge >= 0.3 is 0 Å². The number of ether oxygens (including phenoxy) is 1. The summed E-state index contributed by atoms with van der Waals surface area (Å²) in [5.41, 5.74) is 8.68. The minimum atomic E-state index is 0.0199. The predicted molar refractivity (Wildman–Crippen MR) is 60.7 cm³/mol. The van der Waals surface area contributed by atoms with Gasteiger partial charge in [-0.1, -0.05) is 24.3 Å². The second-order valence-corrected chi connectivity index (χ2v) is 4.02. The predicted octanol–water partition coefficient (Wildman–Crippen LogP) is 0.983. The van der Waals surface area contributed by atoms with E-state index in [1.54, 1.807) is 0 Å². The topological polar surface area (TPSA) is 47.3 Å². The molecule has 3 heteroatoms. The van der Waals surface area contributed by atoms with E-state index in [2.05, 4.69) is 24.4 Å². The molecule has 0 spiro atoms. The summed E-state index contributed by atoms with van der Waals surface area (Å²) in [5, 5.41) is 3.39. The van der Waals surface area contributed by atoms with Gasteiger partial charge in [-0.2, -0.15) is 0 Å². The quantitative estimate of drug-likeness (QED) is 0.758. The van der Waals surface area contributed by atoms with Crippen molar-refractivity contribution < 1.29 is 4.74 Å². The van der Waals surface area contributed by atoms with E-state index in [0.29, 0.717) is 6.61 Å². The Bertz CT molecular complexity index is 321. The first kappa shape index (κ1) is 10.6. The van der Waals surface area contributed by atoms with Crippen molar-refractivity contribution in [2.45, 2.75) is 19.0 Å². The van der Waals surface area contributed by atoms with Crippen molar-refractivity contribution in [3.8, 4) is 0 Å². The van der Waals surface area contributed by atoms with E-state index in [0.717, 1.165) is 13.2 Å². The average molecular weight is 206 g/mol. The van der Waals surface area contributed by atoms with Gasteiger partial charge in [0, 0.05) is 18.6 Å². The molecule has 0 saturated carbocycles. The van der Waals surface area contributed by atoms with Gasteiger partial charge in [0.25, 0.3) is 0 Å². The minimum absolute atomic E-state index is 0.0199. The first-order valence-electron chi connectivity index (χ1n) is 5.41. The van der Waals surface area contributed by atoms with Crippen molar-refractivity contribution in [1.82, 2.24) is 5.32 Å². The van der Waals surface area contributed by atoms with Crippen LogP contribution in [0, 0.1) is 6.92 Å². The number of hydrogen-bond acceptors (Lipinski definition) is 3. The van der Waals surface area contributed by atoms with Crippen LogP contribution in [-0.2, 0) is 4.74 Å². The van der Waals surface area contributed by atoms with Gasteiger partial charge in [0.2, 0.25) is 0 Å². The Hall–Kier alpha value is -0.900. The van der Waals surface area contributed by atoms with Crippen LogP contribution in [-0.4, -0.2) is 25.8 Å². The van der Waals surface area contributed by atoms with Crippen molar-refractivity contribution in [3.05, 3.63) is 35.4 Å². The van der Waals surface area contributed by atoms with E-state index in [-0.39, 0.29) is 12.1 Å². The highest BCUT2D eigenvalue weighted by molar-refractivity contribution is 5.29.